The molecule has 0 saturated carbocycles. The van der Waals surface area contributed by atoms with Crippen LogP contribution in [0.1, 0.15) is 6.92 Å². The second kappa shape index (κ2) is 6.00. The number of fused-ring (bicyclic) bond motifs is 1. The van der Waals surface area contributed by atoms with Gasteiger partial charge in [-0.15, -0.1) is 0 Å². The number of nitrogens with zero attached hydrogens (tertiary/aromatic N) is 2. The molecular weight excluding hydrogens is 367 g/mol. The van der Waals surface area contributed by atoms with Crippen molar-refractivity contribution in [3.8, 4) is 17.2 Å². The lowest BCUT2D eigenvalue weighted by atomic mass is 10.2. The lowest BCUT2D eigenvalue weighted by Crippen LogP contribution is -2.01. The van der Waals surface area contributed by atoms with Gasteiger partial charge in [0, 0.05) is 11.4 Å². The number of carbonyl (C=O) groups is 1. The van der Waals surface area contributed by atoms with Crippen molar-refractivity contribution in [1.29, 1.82) is 0 Å². The van der Waals surface area contributed by atoms with Crippen molar-refractivity contribution in [1.82, 2.24) is 9.78 Å². The first-order valence-corrected chi connectivity index (χ1v) is 7.49. The summed E-state index contributed by atoms with van der Waals surface area (Å²) in [6.45, 7) is 1.29. The van der Waals surface area contributed by atoms with E-state index in [4.69, 9.17) is 9.47 Å². The molecule has 3 rings (SSSR count). The van der Waals surface area contributed by atoms with E-state index < -0.39 is 11.9 Å². The number of ether oxygens (including phenoxy) is 2. The molecule has 0 fully saturated rings. The van der Waals surface area contributed by atoms with Gasteiger partial charge in [0.2, 0.25) is 5.95 Å². The van der Waals surface area contributed by atoms with Gasteiger partial charge in [-0.05, 0) is 52.3 Å². The van der Waals surface area contributed by atoms with Crippen molar-refractivity contribution in [2.45, 2.75) is 6.92 Å². The monoisotopic (exact) mass is 378 g/mol. The summed E-state index contributed by atoms with van der Waals surface area (Å²) in [6.07, 6.45) is 0. The van der Waals surface area contributed by atoms with Gasteiger partial charge in [0.25, 0.3) is 0 Å². The first-order chi connectivity index (χ1) is 11.0. The molecule has 1 aromatic heterocycles. The predicted molar refractivity (Wildman–Crippen MR) is 86.6 cm³/mol. The van der Waals surface area contributed by atoms with E-state index in [1.165, 1.54) is 17.7 Å². The van der Waals surface area contributed by atoms with Crippen LogP contribution in [0.2, 0.25) is 0 Å². The van der Waals surface area contributed by atoms with Crippen molar-refractivity contribution < 1.29 is 18.7 Å². The average molecular weight is 379 g/mol. The highest BCUT2D eigenvalue weighted by atomic mass is 79.9. The van der Waals surface area contributed by atoms with Gasteiger partial charge in [0.15, 0.2) is 0 Å². The maximum Gasteiger partial charge on any atom is 0.308 e. The molecule has 0 bridgehead atoms. The number of hydrogen-bond acceptors (Lipinski definition) is 4. The van der Waals surface area contributed by atoms with Crippen LogP contribution in [0.25, 0.3) is 16.6 Å². The van der Waals surface area contributed by atoms with Crippen LogP contribution >= 0.6 is 15.9 Å². The molecule has 0 aliphatic heterocycles. The smallest absolute Gasteiger partial charge is 0.308 e. The molecule has 0 spiro atoms. The van der Waals surface area contributed by atoms with Crippen LogP contribution in [-0.2, 0) is 4.79 Å². The first-order valence-electron chi connectivity index (χ1n) is 6.70. The minimum absolute atomic E-state index is 0.270. The molecule has 3 aromatic rings. The van der Waals surface area contributed by atoms with Crippen LogP contribution in [0.5, 0.6) is 11.5 Å². The van der Waals surface area contributed by atoms with E-state index in [9.17, 15) is 9.18 Å². The summed E-state index contributed by atoms with van der Waals surface area (Å²) in [6, 6.07) is 9.77. The van der Waals surface area contributed by atoms with Crippen molar-refractivity contribution in [3.05, 3.63) is 46.8 Å². The molecule has 0 amide bonds. The summed E-state index contributed by atoms with van der Waals surface area (Å²) in [4.78, 5) is 11.0. The largest absolute Gasteiger partial charge is 0.497 e. The van der Waals surface area contributed by atoms with Crippen LogP contribution < -0.4 is 9.47 Å². The molecule has 0 saturated heterocycles. The molecule has 23 heavy (non-hydrogen) atoms. The number of hydrogen-bond donors (Lipinski definition) is 0. The Kier molecular flexibility index (Phi) is 4.04. The fourth-order valence-corrected chi connectivity index (χ4v) is 2.73. The lowest BCUT2D eigenvalue weighted by Gasteiger charge is -2.07. The molecule has 0 atom stereocenters. The molecule has 0 aliphatic rings. The number of carbonyl (C=O) groups excluding carboxylic acids is 1. The zero-order chi connectivity index (χ0) is 16.6. The van der Waals surface area contributed by atoms with E-state index in [0.29, 0.717) is 21.4 Å². The molecular formula is C16H12BrFN2O3. The maximum atomic E-state index is 14.7. The van der Waals surface area contributed by atoms with E-state index >= 15 is 0 Å². The van der Waals surface area contributed by atoms with Gasteiger partial charge in [0.05, 0.1) is 23.7 Å². The van der Waals surface area contributed by atoms with Crippen molar-refractivity contribution in [3.63, 3.8) is 0 Å². The minimum atomic E-state index is -0.542. The summed E-state index contributed by atoms with van der Waals surface area (Å²) >= 11 is 3.39. The Bertz CT molecular complexity index is 908. The average Bonchev–Trinajstić information content (AvgIpc) is 2.83. The molecule has 5 nitrogen and oxygen atoms in total. The zero-order valence-corrected chi connectivity index (χ0v) is 13.9. The van der Waals surface area contributed by atoms with Crippen LogP contribution in [0.3, 0.4) is 0 Å². The first kappa shape index (κ1) is 15.5. The van der Waals surface area contributed by atoms with Gasteiger partial charge in [0.1, 0.15) is 11.5 Å². The van der Waals surface area contributed by atoms with E-state index in [1.54, 1.807) is 37.4 Å². The molecule has 0 N–H and O–H groups in total. The molecule has 118 valence electrons. The standard InChI is InChI=1S/C16H12BrFN2O3/c1-9(21)23-11-3-5-14-12(7-11)16(18)20(19-14)15-6-4-10(22-2)8-13(15)17/h3-8H,1-2H3. The molecule has 0 unspecified atom stereocenters. The molecule has 1 heterocycles. The summed E-state index contributed by atoms with van der Waals surface area (Å²) in [5.41, 5.74) is 0.995. The Balaban J connectivity index is 2.12. The quantitative estimate of drug-likeness (QED) is 0.512. The van der Waals surface area contributed by atoms with E-state index in [0.717, 1.165) is 0 Å². The molecule has 2 aromatic carbocycles. The number of methoxy groups -OCH3 is 1. The van der Waals surface area contributed by atoms with Crippen LogP contribution in [-0.4, -0.2) is 22.9 Å². The van der Waals surface area contributed by atoms with Crippen LogP contribution in [0, 0.1) is 5.95 Å². The molecule has 0 radical (unpaired) electrons. The van der Waals surface area contributed by atoms with Crippen molar-refractivity contribution >= 4 is 32.8 Å². The SMILES string of the molecule is COc1ccc(-n2nc3ccc(OC(C)=O)cc3c2F)c(Br)c1. The third-order valence-electron chi connectivity index (χ3n) is 3.23. The van der Waals surface area contributed by atoms with Crippen LogP contribution in [0.15, 0.2) is 40.9 Å². The molecule has 0 aliphatic carbocycles. The number of benzene rings is 2. The van der Waals surface area contributed by atoms with Gasteiger partial charge in [-0.1, -0.05) is 0 Å². The normalized spacial score (nSPS) is 10.8. The van der Waals surface area contributed by atoms with E-state index in [-0.39, 0.29) is 11.1 Å². The van der Waals surface area contributed by atoms with E-state index in [2.05, 4.69) is 21.0 Å². The number of halogens is 2. The fourth-order valence-electron chi connectivity index (χ4n) is 2.21. The Morgan fingerprint density at radius 2 is 1.96 bits per heavy atom. The Labute approximate surface area is 139 Å². The van der Waals surface area contributed by atoms with E-state index in [1.807, 2.05) is 0 Å². The van der Waals surface area contributed by atoms with Gasteiger partial charge in [-0.25, -0.2) is 4.68 Å². The Morgan fingerprint density at radius 3 is 2.61 bits per heavy atom. The number of esters is 1. The minimum Gasteiger partial charge on any atom is -0.497 e. The van der Waals surface area contributed by atoms with Gasteiger partial charge in [-0.3, -0.25) is 4.79 Å². The highest BCUT2D eigenvalue weighted by Crippen LogP contribution is 2.30. The molecule has 7 heteroatoms. The second-order valence-electron chi connectivity index (χ2n) is 4.79. The number of aromatic nitrogens is 2. The van der Waals surface area contributed by atoms with Crippen molar-refractivity contribution in [2.24, 2.45) is 0 Å². The second-order valence-corrected chi connectivity index (χ2v) is 5.65. The van der Waals surface area contributed by atoms with Gasteiger partial charge < -0.3 is 9.47 Å². The van der Waals surface area contributed by atoms with Crippen LogP contribution in [0.4, 0.5) is 4.39 Å². The third-order valence-corrected chi connectivity index (χ3v) is 3.86. The number of rotatable bonds is 3. The predicted octanol–water partition coefficient (Wildman–Crippen LogP) is 3.86. The summed E-state index contributed by atoms with van der Waals surface area (Å²) in [5.74, 6) is -0.0814. The third kappa shape index (κ3) is 2.92. The highest BCUT2D eigenvalue weighted by molar-refractivity contribution is 9.10. The lowest BCUT2D eigenvalue weighted by molar-refractivity contribution is -0.131. The Morgan fingerprint density at radius 1 is 1.22 bits per heavy atom. The zero-order valence-electron chi connectivity index (χ0n) is 12.3. The highest BCUT2D eigenvalue weighted by Gasteiger charge is 2.16. The maximum absolute atomic E-state index is 14.7. The topological polar surface area (TPSA) is 53.4 Å². The Hall–Kier alpha value is -2.41. The summed E-state index contributed by atoms with van der Waals surface area (Å²) in [5, 5.41) is 4.52. The van der Waals surface area contributed by atoms with Crippen molar-refractivity contribution in [2.75, 3.05) is 7.11 Å². The van der Waals surface area contributed by atoms with Gasteiger partial charge in [-0.2, -0.15) is 9.49 Å². The summed E-state index contributed by atoms with van der Waals surface area (Å²) in [7, 11) is 1.56. The summed E-state index contributed by atoms with van der Waals surface area (Å²) < 4.78 is 26.6. The van der Waals surface area contributed by atoms with Gasteiger partial charge >= 0.3 is 5.97 Å². The fraction of sp³-hybridized carbons (Fsp3) is 0.125.